The lowest BCUT2D eigenvalue weighted by atomic mass is 9.84. The second-order valence-electron chi connectivity index (χ2n) is 12.6. The van der Waals surface area contributed by atoms with Gasteiger partial charge in [0.2, 0.25) is 0 Å². The predicted molar refractivity (Wildman–Crippen MR) is 191 cm³/mol. The minimum Gasteiger partial charge on any atom is -0.477 e. The summed E-state index contributed by atoms with van der Waals surface area (Å²) in [4.78, 5) is 0. The SMILES string of the molecule is c1ccc(C2CCCCC2)c(OPCc2c(CPOc3ccccc3C3CCCCC3)c3ccccc3c3ccccc23)c1. The molecule has 44 heavy (non-hydrogen) atoms. The van der Waals surface area contributed by atoms with Gasteiger partial charge in [-0.1, -0.05) is 123 Å². The van der Waals surface area contributed by atoms with E-state index in [2.05, 4.69) is 97.1 Å². The Morgan fingerprint density at radius 1 is 0.432 bits per heavy atom. The van der Waals surface area contributed by atoms with Gasteiger partial charge in [0, 0.05) is 12.3 Å². The zero-order valence-corrected chi connectivity index (χ0v) is 27.7. The molecule has 226 valence electrons. The number of benzene rings is 5. The molecule has 0 spiro atoms. The Morgan fingerprint density at radius 2 is 0.795 bits per heavy atom. The van der Waals surface area contributed by atoms with Crippen molar-refractivity contribution in [1.29, 1.82) is 0 Å². The van der Waals surface area contributed by atoms with Crippen LogP contribution in [0.1, 0.15) is 98.3 Å². The summed E-state index contributed by atoms with van der Waals surface area (Å²) >= 11 is 0. The number of hydrogen-bond donors (Lipinski definition) is 0. The van der Waals surface area contributed by atoms with Gasteiger partial charge in [-0.05, 0) is 93.5 Å². The monoisotopic (exact) mass is 618 g/mol. The Balaban J connectivity index is 1.16. The number of fused-ring (bicyclic) bond motifs is 3. The lowest BCUT2D eigenvalue weighted by Crippen LogP contribution is -2.05. The van der Waals surface area contributed by atoms with Crippen LogP contribution in [-0.2, 0) is 12.3 Å². The van der Waals surface area contributed by atoms with Crippen molar-refractivity contribution >= 4 is 39.2 Å². The minimum absolute atomic E-state index is 0.369. The Labute approximate surface area is 266 Å². The summed E-state index contributed by atoms with van der Waals surface area (Å²) in [7, 11) is 0.739. The van der Waals surface area contributed by atoms with Gasteiger partial charge in [-0.3, -0.25) is 0 Å². The van der Waals surface area contributed by atoms with Crippen LogP contribution < -0.4 is 9.05 Å². The first-order valence-electron chi connectivity index (χ1n) is 16.8. The summed E-state index contributed by atoms with van der Waals surface area (Å²) in [6, 6.07) is 35.5. The molecule has 0 amide bonds. The van der Waals surface area contributed by atoms with Crippen molar-refractivity contribution in [2.75, 3.05) is 0 Å². The maximum atomic E-state index is 6.67. The minimum atomic E-state index is 0.369. The molecule has 2 nitrogen and oxygen atoms in total. The topological polar surface area (TPSA) is 18.5 Å². The fraction of sp³-hybridized carbons (Fsp3) is 0.350. The van der Waals surface area contributed by atoms with E-state index in [-0.39, 0.29) is 0 Å². The lowest BCUT2D eigenvalue weighted by Gasteiger charge is -2.24. The second kappa shape index (κ2) is 14.5. The average Bonchev–Trinajstić information content (AvgIpc) is 3.10. The maximum Gasteiger partial charge on any atom is 0.126 e. The number of hydrogen-bond acceptors (Lipinski definition) is 2. The highest BCUT2D eigenvalue weighted by atomic mass is 31.1. The third-order valence-corrected chi connectivity index (χ3v) is 11.7. The van der Waals surface area contributed by atoms with Crippen LogP contribution in [-0.4, -0.2) is 0 Å². The highest BCUT2D eigenvalue weighted by molar-refractivity contribution is 7.32. The van der Waals surface area contributed by atoms with Crippen molar-refractivity contribution < 1.29 is 9.05 Å². The average molecular weight is 619 g/mol. The van der Waals surface area contributed by atoms with E-state index in [9.17, 15) is 0 Å². The molecule has 2 saturated carbocycles. The molecule has 5 aromatic carbocycles. The Morgan fingerprint density at radius 3 is 1.23 bits per heavy atom. The number of para-hydroxylation sites is 2. The van der Waals surface area contributed by atoms with Crippen molar-refractivity contribution in [2.24, 2.45) is 0 Å². The van der Waals surface area contributed by atoms with Crippen LogP contribution in [0.2, 0.25) is 0 Å². The van der Waals surface area contributed by atoms with E-state index >= 15 is 0 Å². The van der Waals surface area contributed by atoms with Crippen LogP contribution in [0.25, 0.3) is 21.5 Å². The van der Waals surface area contributed by atoms with Gasteiger partial charge in [0.15, 0.2) is 0 Å². The molecule has 2 unspecified atom stereocenters. The van der Waals surface area contributed by atoms with Crippen LogP contribution in [0.5, 0.6) is 11.5 Å². The Hall–Kier alpha value is -2.92. The quantitative estimate of drug-likeness (QED) is 0.115. The summed E-state index contributed by atoms with van der Waals surface area (Å²) < 4.78 is 13.3. The molecule has 0 bridgehead atoms. The van der Waals surface area contributed by atoms with E-state index < -0.39 is 0 Å². The van der Waals surface area contributed by atoms with Crippen molar-refractivity contribution in [3.63, 3.8) is 0 Å². The van der Waals surface area contributed by atoms with Gasteiger partial charge in [-0.2, -0.15) is 0 Å². The first-order valence-corrected chi connectivity index (χ1v) is 19.0. The summed E-state index contributed by atoms with van der Waals surface area (Å²) in [6.07, 6.45) is 15.0. The second-order valence-corrected chi connectivity index (χ2v) is 14.3. The number of rotatable bonds is 10. The van der Waals surface area contributed by atoms with Crippen molar-refractivity contribution in [3.8, 4) is 11.5 Å². The smallest absolute Gasteiger partial charge is 0.126 e. The van der Waals surface area contributed by atoms with E-state index in [1.54, 1.807) is 0 Å². The van der Waals surface area contributed by atoms with E-state index in [0.717, 1.165) is 23.8 Å². The molecular weight excluding hydrogens is 574 g/mol. The molecule has 0 heterocycles. The molecule has 0 saturated heterocycles. The molecule has 0 N–H and O–H groups in total. The van der Waals surface area contributed by atoms with E-state index in [1.165, 1.54) is 108 Å². The van der Waals surface area contributed by atoms with Crippen LogP contribution in [0.3, 0.4) is 0 Å². The van der Waals surface area contributed by atoms with Crippen LogP contribution in [0.4, 0.5) is 0 Å². The molecule has 7 rings (SSSR count). The van der Waals surface area contributed by atoms with Crippen molar-refractivity contribution in [3.05, 3.63) is 119 Å². The highest BCUT2D eigenvalue weighted by Gasteiger charge is 2.21. The summed E-state index contributed by atoms with van der Waals surface area (Å²) in [5.74, 6) is 3.45. The summed E-state index contributed by atoms with van der Waals surface area (Å²) in [5, 5.41) is 5.37. The lowest BCUT2D eigenvalue weighted by molar-refractivity contribution is 0.435. The molecule has 2 atom stereocenters. The summed E-state index contributed by atoms with van der Waals surface area (Å²) in [6.45, 7) is 0. The molecule has 5 aromatic rings. The molecule has 0 aromatic heterocycles. The van der Waals surface area contributed by atoms with E-state index in [4.69, 9.17) is 9.05 Å². The van der Waals surface area contributed by atoms with Gasteiger partial charge < -0.3 is 9.05 Å². The van der Waals surface area contributed by atoms with Gasteiger partial charge in [0.05, 0.1) is 17.6 Å². The van der Waals surface area contributed by atoms with E-state index in [1.807, 2.05) is 0 Å². The van der Waals surface area contributed by atoms with Gasteiger partial charge in [-0.15, -0.1) is 0 Å². The van der Waals surface area contributed by atoms with Crippen LogP contribution >= 0.6 is 17.6 Å². The fourth-order valence-electron chi connectivity index (χ4n) is 7.71. The standard InChI is InChI=1S/C40H44O2P2/c1-3-15-29(16-4-1)31-19-11-13-25-39(31)41-43-27-37-35-23-9-7-21-33(35)34-22-8-10-24-36(34)38(37)28-44-42-40-26-14-12-20-32(40)30-17-5-2-6-18-30/h7-14,19-26,29-30,43-44H,1-6,15-18,27-28H2. The summed E-state index contributed by atoms with van der Waals surface area (Å²) in [5.41, 5.74) is 5.67. The first kappa shape index (κ1) is 29.8. The highest BCUT2D eigenvalue weighted by Crippen LogP contribution is 2.44. The molecule has 0 radical (unpaired) electrons. The van der Waals surface area contributed by atoms with Gasteiger partial charge in [-0.25, -0.2) is 0 Å². The molecule has 2 aliphatic rings. The molecule has 0 aliphatic heterocycles. The largest absolute Gasteiger partial charge is 0.477 e. The predicted octanol–water partition coefficient (Wildman–Crippen LogP) is 12.4. The Kier molecular flexibility index (Phi) is 9.78. The zero-order chi connectivity index (χ0) is 29.6. The van der Waals surface area contributed by atoms with Crippen molar-refractivity contribution in [1.82, 2.24) is 0 Å². The first-order chi connectivity index (χ1) is 21.9. The molecular formula is C40H44O2P2. The van der Waals surface area contributed by atoms with Gasteiger partial charge in [0.25, 0.3) is 0 Å². The third-order valence-electron chi connectivity index (χ3n) is 9.95. The zero-order valence-electron chi connectivity index (χ0n) is 25.7. The maximum absolute atomic E-state index is 6.67. The van der Waals surface area contributed by atoms with E-state index in [0.29, 0.717) is 29.5 Å². The van der Waals surface area contributed by atoms with Crippen molar-refractivity contribution in [2.45, 2.75) is 88.4 Å². The van der Waals surface area contributed by atoms with Gasteiger partial charge in [0.1, 0.15) is 11.5 Å². The fourth-order valence-corrected chi connectivity index (χ4v) is 9.64. The van der Waals surface area contributed by atoms with Crippen LogP contribution in [0.15, 0.2) is 97.1 Å². The molecule has 2 fully saturated rings. The normalized spacial score (nSPS) is 16.9. The molecule has 2 aliphatic carbocycles. The van der Waals surface area contributed by atoms with Crippen LogP contribution in [0, 0.1) is 0 Å². The third kappa shape index (κ3) is 6.54. The van der Waals surface area contributed by atoms with Gasteiger partial charge >= 0.3 is 0 Å². The Bertz CT molecular complexity index is 1580. The molecule has 4 heteroatoms.